The Bertz CT molecular complexity index is 887. The summed E-state index contributed by atoms with van der Waals surface area (Å²) in [6.07, 6.45) is 2.69. The molecule has 0 spiro atoms. The van der Waals surface area contributed by atoms with Gasteiger partial charge >= 0.3 is 0 Å². The number of benzene rings is 1. The number of sulfonamides is 1. The minimum atomic E-state index is -3.33. The average Bonchev–Trinajstić information content (AvgIpc) is 2.53. The van der Waals surface area contributed by atoms with E-state index in [1.165, 1.54) is 17.5 Å². The molecule has 0 radical (unpaired) electrons. The molecule has 9 heteroatoms. The van der Waals surface area contributed by atoms with E-state index in [4.69, 9.17) is 17.3 Å². The molecule has 7 nitrogen and oxygen atoms in total. The van der Waals surface area contributed by atoms with Crippen LogP contribution in [0.4, 0.5) is 11.4 Å². The van der Waals surface area contributed by atoms with Crippen molar-refractivity contribution in [3.63, 3.8) is 0 Å². The Hall–Kier alpha value is -2.32. The summed E-state index contributed by atoms with van der Waals surface area (Å²) in [7, 11) is -1.83. The zero-order chi connectivity index (χ0) is 18.6. The molecule has 0 aliphatic rings. The van der Waals surface area contributed by atoms with E-state index in [0.29, 0.717) is 28.6 Å². The predicted octanol–water partition coefficient (Wildman–Crippen LogP) is 1.77. The molecule has 3 N–H and O–H groups in total. The van der Waals surface area contributed by atoms with Crippen LogP contribution in [0, 0.1) is 0 Å². The summed E-state index contributed by atoms with van der Waals surface area (Å²) in [5.74, 6) is -0.469. The Morgan fingerprint density at radius 1 is 1.36 bits per heavy atom. The van der Waals surface area contributed by atoms with E-state index in [0.717, 1.165) is 11.8 Å². The summed E-state index contributed by atoms with van der Waals surface area (Å²) in [5, 5.41) is 3.47. The minimum absolute atomic E-state index is 0.0450. The van der Waals surface area contributed by atoms with E-state index in [1.54, 1.807) is 24.3 Å². The van der Waals surface area contributed by atoms with Crippen molar-refractivity contribution in [3.05, 3.63) is 52.8 Å². The Balaban J connectivity index is 2.19. The van der Waals surface area contributed by atoms with Gasteiger partial charge in [0.05, 0.1) is 18.4 Å². The number of aromatic nitrogens is 1. The Labute approximate surface area is 151 Å². The van der Waals surface area contributed by atoms with Crippen LogP contribution >= 0.6 is 11.6 Å². The second kappa shape index (κ2) is 7.71. The number of pyridine rings is 1. The van der Waals surface area contributed by atoms with Gasteiger partial charge in [0.2, 0.25) is 15.9 Å². The van der Waals surface area contributed by atoms with Gasteiger partial charge in [-0.1, -0.05) is 23.7 Å². The molecular formula is C16H19ClN4O3S. The molecule has 0 aliphatic heterocycles. The molecule has 0 fully saturated rings. The molecule has 0 atom stereocenters. The Morgan fingerprint density at radius 2 is 2.08 bits per heavy atom. The van der Waals surface area contributed by atoms with E-state index in [1.807, 2.05) is 6.07 Å². The van der Waals surface area contributed by atoms with Crippen LogP contribution in [0.25, 0.3) is 0 Å². The number of carbonyl (C=O) groups is 1. The van der Waals surface area contributed by atoms with E-state index in [2.05, 4.69) is 10.3 Å². The number of anilines is 2. The number of hydrogen-bond donors (Lipinski definition) is 2. The molecular weight excluding hydrogens is 364 g/mol. The van der Waals surface area contributed by atoms with Gasteiger partial charge in [0.25, 0.3) is 0 Å². The fraction of sp³-hybridized carbons (Fsp3) is 0.250. The van der Waals surface area contributed by atoms with Gasteiger partial charge in [0.15, 0.2) is 0 Å². The third-order valence-corrected chi connectivity index (χ3v) is 4.98. The molecule has 134 valence electrons. The third-order valence-electron chi connectivity index (χ3n) is 3.57. The molecule has 0 aliphatic carbocycles. The number of primary amides is 1. The molecule has 1 aromatic heterocycles. The fourth-order valence-electron chi connectivity index (χ4n) is 2.20. The minimum Gasteiger partial charge on any atom is -0.381 e. The lowest BCUT2D eigenvalue weighted by Gasteiger charge is -2.18. The zero-order valence-electron chi connectivity index (χ0n) is 13.9. The highest BCUT2D eigenvalue weighted by molar-refractivity contribution is 7.92. The van der Waals surface area contributed by atoms with Crippen molar-refractivity contribution in [2.24, 2.45) is 5.73 Å². The molecule has 0 bridgehead atoms. The van der Waals surface area contributed by atoms with E-state index < -0.39 is 15.9 Å². The number of carbonyl (C=O) groups excluding carboxylic acids is 1. The van der Waals surface area contributed by atoms with E-state index in [-0.39, 0.29) is 6.42 Å². The summed E-state index contributed by atoms with van der Waals surface area (Å²) >= 11 is 5.91. The lowest BCUT2D eigenvalue weighted by Crippen LogP contribution is -2.24. The molecule has 0 saturated carbocycles. The van der Waals surface area contributed by atoms with Gasteiger partial charge < -0.3 is 11.1 Å². The van der Waals surface area contributed by atoms with Crippen molar-refractivity contribution < 1.29 is 13.2 Å². The molecule has 1 amide bonds. The van der Waals surface area contributed by atoms with Gasteiger partial charge in [0, 0.05) is 31.0 Å². The molecule has 2 aromatic rings. The fourth-order valence-corrected chi connectivity index (χ4v) is 2.86. The number of nitrogens with zero attached hydrogens (tertiary/aromatic N) is 2. The van der Waals surface area contributed by atoms with Crippen LogP contribution in [0.3, 0.4) is 0 Å². The molecule has 0 unspecified atom stereocenters. The second-order valence-corrected chi connectivity index (χ2v) is 7.96. The largest absolute Gasteiger partial charge is 0.381 e. The van der Waals surface area contributed by atoms with Crippen molar-refractivity contribution >= 4 is 38.9 Å². The first kappa shape index (κ1) is 19.0. The molecule has 1 heterocycles. The van der Waals surface area contributed by atoms with Crippen LogP contribution in [0.15, 0.2) is 36.5 Å². The molecule has 25 heavy (non-hydrogen) atoms. The first-order chi connectivity index (χ1) is 11.7. The number of halogens is 1. The third kappa shape index (κ3) is 5.33. The summed E-state index contributed by atoms with van der Waals surface area (Å²) in [6, 6.07) is 8.74. The maximum atomic E-state index is 11.7. The first-order valence-corrected chi connectivity index (χ1v) is 9.59. The molecule has 0 saturated heterocycles. The topological polar surface area (TPSA) is 105 Å². The van der Waals surface area contributed by atoms with Crippen LogP contribution < -0.4 is 15.4 Å². The quantitative estimate of drug-likeness (QED) is 0.710. The van der Waals surface area contributed by atoms with Crippen molar-refractivity contribution in [1.82, 2.24) is 4.98 Å². The maximum Gasteiger partial charge on any atom is 0.231 e. The van der Waals surface area contributed by atoms with Gasteiger partial charge in [-0.25, -0.2) is 13.4 Å². The summed E-state index contributed by atoms with van der Waals surface area (Å²) < 4.78 is 24.5. The van der Waals surface area contributed by atoms with Crippen molar-refractivity contribution in [2.75, 3.05) is 22.9 Å². The highest BCUT2D eigenvalue weighted by Crippen LogP contribution is 2.22. The summed E-state index contributed by atoms with van der Waals surface area (Å²) in [5.41, 5.74) is 7.96. The number of nitrogens with one attached hydrogen (secondary N) is 1. The van der Waals surface area contributed by atoms with Gasteiger partial charge in [-0.05, 0) is 23.8 Å². The summed E-state index contributed by atoms with van der Waals surface area (Å²) in [4.78, 5) is 15.1. The second-order valence-electron chi connectivity index (χ2n) is 5.56. The van der Waals surface area contributed by atoms with Gasteiger partial charge in [0.1, 0.15) is 5.15 Å². The van der Waals surface area contributed by atoms with Crippen LogP contribution in [0.2, 0.25) is 5.15 Å². The van der Waals surface area contributed by atoms with E-state index >= 15 is 0 Å². The number of rotatable bonds is 7. The van der Waals surface area contributed by atoms with Crippen molar-refractivity contribution in [1.29, 1.82) is 0 Å². The number of hydrogen-bond acceptors (Lipinski definition) is 5. The van der Waals surface area contributed by atoms with Gasteiger partial charge in [-0.2, -0.15) is 0 Å². The standard InChI is InChI=1S/C16H19ClN4O3S/c1-21(25(2,23)24)13-5-3-4-11(6-13)9-19-14-8-15(17)20-10-12(14)7-16(18)22/h3-6,8,10H,7,9H2,1-2H3,(H2,18,22)(H,19,20). The Kier molecular flexibility index (Phi) is 5.86. The van der Waals surface area contributed by atoms with Crippen LogP contribution in [0.1, 0.15) is 11.1 Å². The van der Waals surface area contributed by atoms with E-state index in [9.17, 15) is 13.2 Å². The van der Waals surface area contributed by atoms with Crippen LogP contribution in [0.5, 0.6) is 0 Å². The van der Waals surface area contributed by atoms with Gasteiger partial charge in [-0.3, -0.25) is 9.10 Å². The van der Waals surface area contributed by atoms with Crippen molar-refractivity contribution in [2.45, 2.75) is 13.0 Å². The molecule has 2 rings (SSSR count). The predicted molar refractivity (Wildman–Crippen MR) is 99.2 cm³/mol. The van der Waals surface area contributed by atoms with Gasteiger partial charge in [-0.15, -0.1) is 0 Å². The zero-order valence-corrected chi connectivity index (χ0v) is 15.4. The van der Waals surface area contributed by atoms with Crippen molar-refractivity contribution in [3.8, 4) is 0 Å². The molecule has 1 aromatic carbocycles. The number of nitrogens with two attached hydrogens (primary N) is 1. The Morgan fingerprint density at radius 3 is 2.72 bits per heavy atom. The first-order valence-electron chi connectivity index (χ1n) is 7.36. The number of amides is 1. The highest BCUT2D eigenvalue weighted by Gasteiger charge is 2.12. The summed E-state index contributed by atoms with van der Waals surface area (Å²) in [6.45, 7) is 0.414. The lowest BCUT2D eigenvalue weighted by atomic mass is 10.1. The van der Waals surface area contributed by atoms with Crippen LogP contribution in [-0.2, 0) is 27.8 Å². The van der Waals surface area contributed by atoms with Crippen LogP contribution in [-0.4, -0.2) is 32.6 Å². The highest BCUT2D eigenvalue weighted by atomic mass is 35.5. The smallest absolute Gasteiger partial charge is 0.231 e. The monoisotopic (exact) mass is 382 g/mol. The lowest BCUT2D eigenvalue weighted by molar-refractivity contribution is -0.117. The average molecular weight is 383 g/mol. The SMILES string of the molecule is CN(c1cccc(CNc2cc(Cl)ncc2CC(N)=O)c1)S(C)(=O)=O. The maximum absolute atomic E-state index is 11.7. The normalized spacial score (nSPS) is 11.2.